The maximum Gasteiger partial charge on any atom is 0.328 e. The van der Waals surface area contributed by atoms with E-state index in [1.165, 1.54) is 6.08 Å². The van der Waals surface area contributed by atoms with Crippen LogP contribution in [0, 0.1) is 0 Å². The van der Waals surface area contributed by atoms with E-state index in [1.54, 1.807) is 0 Å². The van der Waals surface area contributed by atoms with Crippen LogP contribution in [0.4, 0.5) is 0 Å². The molecular weight excluding hydrogens is 230 g/mol. The van der Waals surface area contributed by atoms with Crippen molar-refractivity contribution in [2.75, 3.05) is 13.2 Å². The molecule has 104 valence electrons. The molecule has 0 radical (unpaired) electrons. The second kappa shape index (κ2) is 6.90. The predicted molar refractivity (Wildman–Crippen MR) is 71.7 cm³/mol. The number of hydrogen-bond donors (Lipinski definition) is 2. The Bertz CT molecular complexity index is 308. The van der Waals surface area contributed by atoms with Gasteiger partial charge in [-0.05, 0) is 32.6 Å². The molecular formula is C14H25NO3. The summed E-state index contributed by atoms with van der Waals surface area (Å²) in [5, 5.41) is 12.1. The molecule has 0 aromatic carbocycles. The molecule has 0 saturated carbocycles. The van der Waals surface area contributed by atoms with Gasteiger partial charge in [-0.25, -0.2) is 4.79 Å². The number of carboxylic acid groups (broad SMARTS) is 1. The van der Waals surface area contributed by atoms with E-state index in [4.69, 9.17) is 9.84 Å². The van der Waals surface area contributed by atoms with Crippen LogP contribution in [-0.4, -0.2) is 35.9 Å². The summed E-state index contributed by atoms with van der Waals surface area (Å²) in [6, 6.07) is 0.427. The number of nitrogens with one attached hydrogen (secondary N) is 1. The lowest BCUT2D eigenvalue weighted by atomic mass is 9.86. The molecule has 0 aromatic rings. The zero-order valence-corrected chi connectivity index (χ0v) is 11.7. The second-order valence-electron chi connectivity index (χ2n) is 5.14. The molecule has 1 atom stereocenters. The van der Waals surface area contributed by atoms with Crippen LogP contribution in [0.1, 0.15) is 46.5 Å². The molecule has 1 rings (SSSR count). The minimum atomic E-state index is -0.877. The van der Waals surface area contributed by atoms with Crippen molar-refractivity contribution in [3.05, 3.63) is 11.6 Å². The fourth-order valence-electron chi connectivity index (χ4n) is 2.51. The number of rotatable bonds is 6. The van der Waals surface area contributed by atoms with Gasteiger partial charge in [0.25, 0.3) is 0 Å². The molecule has 0 aliphatic carbocycles. The summed E-state index contributed by atoms with van der Waals surface area (Å²) in [7, 11) is 0. The van der Waals surface area contributed by atoms with Crippen molar-refractivity contribution < 1.29 is 14.6 Å². The molecule has 0 spiro atoms. The first-order valence-electron chi connectivity index (χ1n) is 6.79. The van der Waals surface area contributed by atoms with Gasteiger partial charge in [0.05, 0.1) is 5.60 Å². The molecule has 2 N–H and O–H groups in total. The third kappa shape index (κ3) is 4.42. The number of ether oxygens (including phenoxy) is 1. The molecule has 0 aromatic heterocycles. The van der Waals surface area contributed by atoms with Gasteiger partial charge in [-0.1, -0.05) is 19.4 Å². The van der Waals surface area contributed by atoms with E-state index in [0.29, 0.717) is 12.6 Å². The highest BCUT2D eigenvalue weighted by Gasteiger charge is 2.34. The fraction of sp³-hybridized carbons (Fsp3) is 0.786. The minimum absolute atomic E-state index is 0.0142. The molecule has 4 heteroatoms. The molecule has 1 aliphatic rings. The summed E-state index contributed by atoms with van der Waals surface area (Å²) < 4.78 is 5.92. The highest BCUT2D eigenvalue weighted by atomic mass is 16.5. The van der Waals surface area contributed by atoms with Crippen molar-refractivity contribution in [2.45, 2.75) is 58.1 Å². The third-order valence-corrected chi connectivity index (χ3v) is 3.82. The van der Waals surface area contributed by atoms with Gasteiger partial charge in [-0.2, -0.15) is 0 Å². The number of aliphatic carboxylic acids is 1. The van der Waals surface area contributed by atoms with E-state index in [-0.39, 0.29) is 5.60 Å². The number of hydrogen-bond acceptors (Lipinski definition) is 3. The molecule has 1 saturated heterocycles. The van der Waals surface area contributed by atoms with E-state index >= 15 is 0 Å². The Morgan fingerprint density at radius 2 is 2.17 bits per heavy atom. The molecule has 1 aliphatic heterocycles. The third-order valence-electron chi connectivity index (χ3n) is 3.82. The van der Waals surface area contributed by atoms with Gasteiger partial charge in [0, 0.05) is 25.3 Å². The largest absolute Gasteiger partial charge is 0.478 e. The first kappa shape index (κ1) is 15.2. The van der Waals surface area contributed by atoms with Crippen molar-refractivity contribution in [2.24, 2.45) is 0 Å². The van der Waals surface area contributed by atoms with E-state index < -0.39 is 5.97 Å². The van der Waals surface area contributed by atoms with E-state index in [9.17, 15) is 4.79 Å². The molecule has 18 heavy (non-hydrogen) atoms. The van der Waals surface area contributed by atoms with Gasteiger partial charge in [0.2, 0.25) is 0 Å². The van der Waals surface area contributed by atoms with Crippen LogP contribution in [0.25, 0.3) is 0 Å². The lowest BCUT2D eigenvalue weighted by Crippen LogP contribution is -2.46. The maximum absolute atomic E-state index is 10.5. The van der Waals surface area contributed by atoms with Crippen LogP contribution in [0.5, 0.6) is 0 Å². The van der Waals surface area contributed by atoms with Crippen LogP contribution >= 0.6 is 0 Å². The predicted octanol–water partition coefficient (Wildman–Crippen LogP) is 2.34. The summed E-state index contributed by atoms with van der Waals surface area (Å²) in [5.74, 6) is -0.877. The van der Waals surface area contributed by atoms with E-state index in [2.05, 4.69) is 19.2 Å². The molecule has 1 heterocycles. The smallest absolute Gasteiger partial charge is 0.328 e. The molecule has 1 fully saturated rings. The lowest BCUT2D eigenvalue weighted by Gasteiger charge is -2.40. The number of carbonyl (C=O) groups is 1. The van der Waals surface area contributed by atoms with Crippen molar-refractivity contribution in [1.29, 1.82) is 0 Å². The Labute approximate surface area is 109 Å². The Morgan fingerprint density at radius 3 is 2.72 bits per heavy atom. The molecule has 1 unspecified atom stereocenters. The Balaban J connectivity index is 2.46. The minimum Gasteiger partial charge on any atom is -0.478 e. The summed E-state index contributed by atoms with van der Waals surface area (Å²) in [4.78, 5) is 10.5. The summed E-state index contributed by atoms with van der Waals surface area (Å²) in [6.45, 7) is 7.61. The summed E-state index contributed by atoms with van der Waals surface area (Å²) in [6.07, 6.45) is 5.35. The Morgan fingerprint density at radius 1 is 1.50 bits per heavy atom. The summed E-state index contributed by atoms with van der Waals surface area (Å²) in [5.41, 5.74) is 0.868. The zero-order valence-electron chi connectivity index (χ0n) is 11.7. The first-order valence-corrected chi connectivity index (χ1v) is 6.79. The zero-order chi connectivity index (χ0) is 13.6. The first-order chi connectivity index (χ1) is 8.51. The molecule has 4 nitrogen and oxygen atoms in total. The average Bonchev–Trinajstić information content (AvgIpc) is 2.36. The highest BCUT2D eigenvalue weighted by molar-refractivity contribution is 5.80. The van der Waals surface area contributed by atoms with Gasteiger partial charge in [0.15, 0.2) is 0 Å². The Kier molecular flexibility index (Phi) is 5.82. The van der Waals surface area contributed by atoms with Crippen LogP contribution in [0.3, 0.4) is 0 Å². The van der Waals surface area contributed by atoms with Gasteiger partial charge < -0.3 is 15.2 Å². The topological polar surface area (TPSA) is 58.6 Å². The van der Waals surface area contributed by atoms with Crippen LogP contribution in [-0.2, 0) is 9.53 Å². The maximum atomic E-state index is 10.5. The standard InChI is InChI=1S/C14H25NO3/c1-4-14(5-2)9-12(6-7-18-14)15-10-11(3)8-13(16)17/h8,12,15H,4-7,9-10H2,1-3H3,(H,16,17). The lowest BCUT2D eigenvalue weighted by molar-refractivity contribution is -0.131. The molecule has 0 amide bonds. The van der Waals surface area contributed by atoms with Crippen molar-refractivity contribution in [1.82, 2.24) is 5.32 Å². The molecule has 0 bridgehead atoms. The Hall–Kier alpha value is -0.870. The van der Waals surface area contributed by atoms with E-state index in [0.717, 1.165) is 37.9 Å². The van der Waals surface area contributed by atoms with Gasteiger partial charge in [-0.15, -0.1) is 0 Å². The average molecular weight is 255 g/mol. The van der Waals surface area contributed by atoms with Gasteiger partial charge in [0.1, 0.15) is 0 Å². The monoisotopic (exact) mass is 255 g/mol. The van der Waals surface area contributed by atoms with Crippen LogP contribution in [0.15, 0.2) is 11.6 Å². The van der Waals surface area contributed by atoms with Crippen molar-refractivity contribution in [3.63, 3.8) is 0 Å². The quantitative estimate of drug-likeness (QED) is 0.715. The SMILES string of the molecule is CCC1(CC)CC(NCC(C)=CC(=O)O)CCO1. The summed E-state index contributed by atoms with van der Waals surface area (Å²) >= 11 is 0. The van der Waals surface area contributed by atoms with Crippen molar-refractivity contribution >= 4 is 5.97 Å². The van der Waals surface area contributed by atoms with Gasteiger partial charge >= 0.3 is 5.97 Å². The van der Waals surface area contributed by atoms with Crippen LogP contribution < -0.4 is 5.32 Å². The second-order valence-corrected chi connectivity index (χ2v) is 5.14. The van der Waals surface area contributed by atoms with Crippen LogP contribution in [0.2, 0.25) is 0 Å². The highest BCUT2D eigenvalue weighted by Crippen LogP contribution is 2.31. The van der Waals surface area contributed by atoms with E-state index in [1.807, 2.05) is 6.92 Å². The fourth-order valence-corrected chi connectivity index (χ4v) is 2.51. The van der Waals surface area contributed by atoms with Gasteiger partial charge in [-0.3, -0.25) is 0 Å². The normalized spacial score (nSPS) is 23.9. The number of carboxylic acids is 1. The van der Waals surface area contributed by atoms with Crippen molar-refractivity contribution in [3.8, 4) is 0 Å².